The highest BCUT2D eigenvalue weighted by atomic mass is 19.1. The molecule has 0 radical (unpaired) electrons. The molecule has 0 atom stereocenters. The predicted molar refractivity (Wildman–Crippen MR) is 63.8 cm³/mol. The Hall–Kier alpha value is -1.70. The van der Waals surface area contributed by atoms with Crippen LogP contribution in [-0.2, 0) is 0 Å². The molecule has 0 saturated carbocycles. The Morgan fingerprint density at radius 1 is 1.00 bits per heavy atom. The van der Waals surface area contributed by atoms with Gasteiger partial charge in [0.15, 0.2) is 0 Å². The first-order valence-corrected chi connectivity index (χ1v) is 5.28. The van der Waals surface area contributed by atoms with Crippen molar-refractivity contribution >= 4 is 0 Å². The molecule has 16 heavy (non-hydrogen) atoms. The lowest BCUT2D eigenvalue weighted by Gasteiger charge is -2.06. The molecule has 2 heteroatoms. The van der Waals surface area contributed by atoms with Crippen LogP contribution in [-0.4, -0.2) is 4.98 Å². The lowest BCUT2D eigenvalue weighted by Crippen LogP contribution is -1.95. The number of rotatable bonds is 1. The molecule has 0 bridgehead atoms. The van der Waals surface area contributed by atoms with Crippen molar-refractivity contribution in [1.29, 1.82) is 0 Å². The monoisotopic (exact) mass is 215 g/mol. The summed E-state index contributed by atoms with van der Waals surface area (Å²) in [6.45, 7) is 5.67. The van der Waals surface area contributed by atoms with Crippen molar-refractivity contribution in [2.75, 3.05) is 0 Å². The highest BCUT2D eigenvalue weighted by molar-refractivity contribution is 5.60. The van der Waals surface area contributed by atoms with Crippen LogP contribution in [0.3, 0.4) is 0 Å². The number of aromatic nitrogens is 1. The molecule has 0 fully saturated rings. The van der Waals surface area contributed by atoms with Crippen molar-refractivity contribution in [3.8, 4) is 11.3 Å². The van der Waals surface area contributed by atoms with Gasteiger partial charge in [-0.05, 0) is 32.4 Å². The quantitative estimate of drug-likeness (QED) is 0.659. The number of benzene rings is 1. The van der Waals surface area contributed by atoms with E-state index >= 15 is 0 Å². The van der Waals surface area contributed by atoms with E-state index in [1.165, 1.54) is 5.56 Å². The van der Waals surface area contributed by atoms with E-state index in [1.54, 1.807) is 6.92 Å². The van der Waals surface area contributed by atoms with Gasteiger partial charge >= 0.3 is 0 Å². The first-order chi connectivity index (χ1) is 7.58. The van der Waals surface area contributed by atoms with Gasteiger partial charge in [0, 0.05) is 11.1 Å². The molecule has 0 saturated heterocycles. The van der Waals surface area contributed by atoms with E-state index in [4.69, 9.17) is 0 Å². The van der Waals surface area contributed by atoms with Gasteiger partial charge in [-0.3, -0.25) is 0 Å². The van der Waals surface area contributed by atoms with E-state index in [1.807, 2.05) is 44.2 Å². The van der Waals surface area contributed by atoms with Gasteiger partial charge in [0.2, 0.25) is 5.95 Å². The van der Waals surface area contributed by atoms with E-state index in [9.17, 15) is 4.39 Å². The second-order valence-corrected chi connectivity index (χ2v) is 4.11. The van der Waals surface area contributed by atoms with Crippen LogP contribution in [0.2, 0.25) is 0 Å². The zero-order valence-electron chi connectivity index (χ0n) is 9.71. The van der Waals surface area contributed by atoms with E-state index < -0.39 is 0 Å². The minimum Gasteiger partial charge on any atom is -0.219 e. The Morgan fingerprint density at radius 3 is 2.19 bits per heavy atom. The van der Waals surface area contributed by atoms with Gasteiger partial charge in [-0.25, -0.2) is 4.98 Å². The molecule has 1 aromatic heterocycles. The molecule has 1 aromatic carbocycles. The van der Waals surface area contributed by atoms with E-state index in [0.29, 0.717) is 11.3 Å². The van der Waals surface area contributed by atoms with Crippen molar-refractivity contribution in [2.24, 2.45) is 0 Å². The van der Waals surface area contributed by atoms with Gasteiger partial charge in [0.1, 0.15) is 0 Å². The van der Waals surface area contributed by atoms with Gasteiger partial charge in [0.05, 0.1) is 5.69 Å². The molecule has 0 aliphatic carbocycles. The maximum absolute atomic E-state index is 13.5. The Labute approximate surface area is 95.0 Å². The number of halogens is 1. The SMILES string of the molecule is Cc1ccc(-c2cc(C)c(C)c(F)n2)cc1. The number of aryl methyl sites for hydroxylation is 2. The summed E-state index contributed by atoms with van der Waals surface area (Å²) in [5, 5.41) is 0. The number of hydrogen-bond donors (Lipinski definition) is 0. The van der Waals surface area contributed by atoms with Crippen molar-refractivity contribution in [3.63, 3.8) is 0 Å². The molecule has 2 rings (SSSR count). The van der Waals surface area contributed by atoms with E-state index in [2.05, 4.69) is 4.98 Å². The highest BCUT2D eigenvalue weighted by Crippen LogP contribution is 2.21. The summed E-state index contributed by atoms with van der Waals surface area (Å²) in [7, 11) is 0. The maximum atomic E-state index is 13.5. The van der Waals surface area contributed by atoms with Crippen LogP contribution in [0.1, 0.15) is 16.7 Å². The fourth-order valence-corrected chi connectivity index (χ4v) is 1.57. The Morgan fingerprint density at radius 2 is 1.62 bits per heavy atom. The molecule has 1 heterocycles. The largest absolute Gasteiger partial charge is 0.219 e. The third-order valence-electron chi connectivity index (χ3n) is 2.82. The van der Waals surface area contributed by atoms with E-state index in [-0.39, 0.29) is 5.95 Å². The summed E-state index contributed by atoms with van der Waals surface area (Å²) in [6, 6.07) is 9.86. The number of pyridine rings is 1. The summed E-state index contributed by atoms with van der Waals surface area (Å²) in [5.41, 5.74) is 4.39. The van der Waals surface area contributed by atoms with E-state index in [0.717, 1.165) is 11.1 Å². The first kappa shape index (κ1) is 10.8. The Kier molecular flexibility index (Phi) is 2.73. The van der Waals surface area contributed by atoms with Crippen LogP contribution in [0.4, 0.5) is 4.39 Å². The lowest BCUT2D eigenvalue weighted by atomic mass is 10.1. The molecule has 0 unspecified atom stereocenters. The van der Waals surface area contributed by atoms with Gasteiger partial charge in [-0.1, -0.05) is 29.8 Å². The van der Waals surface area contributed by atoms with Gasteiger partial charge in [0.25, 0.3) is 0 Å². The molecule has 0 spiro atoms. The standard InChI is InChI=1S/C14H14FN/c1-9-4-6-12(7-5-9)13-8-10(2)11(3)14(15)16-13/h4-8H,1-3H3. The average molecular weight is 215 g/mol. The Bertz CT molecular complexity index is 492. The van der Waals surface area contributed by atoms with Crippen LogP contribution in [0.15, 0.2) is 30.3 Å². The van der Waals surface area contributed by atoms with Gasteiger partial charge < -0.3 is 0 Å². The number of nitrogens with zero attached hydrogens (tertiary/aromatic N) is 1. The van der Waals surface area contributed by atoms with Crippen molar-refractivity contribution in [1.82, 2.24) is 4.98 Å². The summed E-state index contributed by atoms with van der Waals surface area (Å²) >= 11 is 0. The minimum atomic E-state index is -0.379. The zero-order valence-corrected chi connectivity index (χ0v) is 9.71. The summed E-state index contributed by atoms with van der Waals surface area (Å²) in [6.07, 6.45) is 0. The second-order valence-electron chi connectivity index (χ2n) is 4.11. The van der Waals surface area contributed by atoms with Crippen LogP contribution in [0.25, 0.3) is 11.3 Å². The van der Waals surface area contributed by atoms with Crippen LogP contribution >= 0.6 is 0 Å². The normalized spacial score (nSPS) is 10.5. The summed E-state index contributed by atoms with van der Waals surface area (Å²) in [4.78, 5) is 3.97. The van der Waals surface area contributed by atoms with Crippen LogP contribution in [0.5, 0.6) is 0 Å². The van der Waals surface area contributed by atoms with Gasteiger partial charge in [-0.15, -0.1) is 0 Å². The molecule has 0 aliphatic heterocycles. The van der Waals surface area contributed by atoms with Crippen LogP contribution < -0.4 is 0 Å². The molecule has 1 nitrogen and oxygen atoms in total. The summed E-state index contributed by atoms with van der Waals surface area (Å²) < 4.78 is 13.5. The third-order valence-corrected chi connectivity index (χ3v) is 2.82. The molecule has 0 aliphatic rings. The fraction of sp³-hybridized carbons (Fsp3) is 0.214. The zero-order chi connectivity index (χ0) is 11.7. The van der Waals surface area contributed by atoms with Crippen molar-refractivity contribution in [2.45, 2.75) is 20.8 Å². The maximum Gasteiger partial charge on any atom is 0.216 e. The summed E-state index contributed by atoms with van der Waals surface area (Å²) in [5.74, 6) is -0.379. The minimum absolute atomic E-state index is 0.379. The molecular weight excluding hydrogens is 201 g/mol. The molecule has 0 amide bonds. The smallest absolute Gasteiger partial charge is 0.216 e. The van der Waals surface area contributed by atoms with Crippen molar-refractivity contribution < 1.29 is 4.39 Å². The average Bonchev–Trinajstić information content (AvgIpc) is 2.26. The van der Waals surface area contributed by atoms with Gasteiger partial charge in [-0.2, -0.15) is 4.39 Å². The molecule has 0 N–H and O–H groups in total. The lowest BCUT2D eigenvalue weighted by molar-refractivity contribution is 0.574. The first-order valence-electron chi connectivity index (χ1n) is 5.28. The molecular formula is C14H14FN. The number of hydrogen-bond acceptors (Lipinski definition) is 1. The molecule has 2 aromatic rings. The highest BCUT2D eigenvalue weighted by Gasteiger charge is 2.06. The molecule has 82 valence electrons. The second kappa shape index (κ2) is 4.05. The van der Waals surface area contributed by atoms with Crippen LogP contribution in [0, 0.1) is 26.7 Å². The predicted octanol–water partition coefficient (Wildman–Crippen LogP) is 3.81. The fourth-order valence-electron chi connectivity index (χ4n) is 1.57. The Balaban J connectivity index is 2.52. The third kappa shape index (κ3) is 1.96. The van der Waals surface area contributed by atoms with Crippen molar-refractivity contribution in [3.05, 3.63) is 53.0 Å². The topological polar surface area (TPSA) is 12.9 Å².